The van der Waals surface area contributed by atoms with E-state index in [1.807, 2.05) is 39.8 Å². The minimum atomic E-state index is -1.59. The Labute approximate surface area is 231 Å². The maximum absolute atomic E-state index is 13.1. The van der Waals surface area contributed by atoms with Crippen LogP contribution in [0.5, 0.6) is 0 Å². The first kappa shape index (κ1) is 30.6. The van der Waals surface area contributed by atoms with Crippen molar-refractivity contribution in [2.45, 2.75) is 91.3 Å². The average molecular weight is 543 g/mol. The van der Waals surface area contributed by atoms with Crippen LogP contribution in [0.1, 0.15) is 71.7 Å². The van der Waals surface area contributed by atoms with E-state index in [2.05, 4.69) is 0 Å². The Bertz CT molecular complexity index is 1110. The van der Waals surface area contributed by atoms with Gasteiger partial charge in [-0.3, -0.25) is 9.59 Å². The maximum atomic E-state index is 13.1. The SMILES string of the molecule is CC(=O)O[C@@H]1[C@@H](C)C=CC(C)(C)[C@H](OC(C)=O)C[C@@H](O)C(C)=C[C@H]2[C@@H](OC(=O)c3ccccc3)[C@@H](C)C[C@]12O. The van der Waals surface area contributed by atoms with E-state index in [1.54, 1.807) is 43.3 Å². The topological polar surface area (TPSA) is 119 Å². The van der Waals surface area contributed by atoms with Crippen molar-refractivity contribution < 1.29 is 38.8 Å². The molecule has 3 rings (SSSR count). The van der Waals surface area contributed by atoms with Crippen molar-refractivity contribution >= 4 is 17.9 Å². The predicted molar refractivity (Wildman–Crippen MR) is 145 cm³/mol. The van der Waals surface area contributed by atoms with Gasteiger partial charge in [0.15, 0.2) is 0 Å². The zero-order valence-corrected chi connectivity index (χ0v) is 23.9. The summed E-state index contributed by atoms with van der Waals surface area (Å²) in [5.41, 5.74) is -1.34. The Hall–Kier alpha value is -2.97. The number of fused-ring (bicyclic) bond motifs is 1. The third-order valence-electron chi connectivity index (χ3n) is 8.03. The fraction of sp³-hybridized carbons (Fsp3) is 0.581. The molecule has 1 aromatic rings. The van der Waals surface area contributed by atoms with Crippen molar-refractivity contribution in [2.24, 2.45) is 23.2 Å². The van der Waals surface area contributed by atoms with Gasteiger partial charge in [0.25, 0.3) is 0 Å². The predicted octanol–water partition coefficient (Wildman–Crippen LogP) is 4.39. The molecule has 2 aliphatic carbocycles. The molecular formula is C31H42O8. The Morgan fingerprint density at radius 2 is 1.59 bits per heavy atom. The van der Waals surface area contributed by atoms with E-state index in [1.165, 1.54) is 13.8 Å². The van der Waals surface area contributed by atoms with Crippen molar-refractivity contribution in [3.63, 3.8) is 0 Å². The molecule has 0 bridgehead atoms. The van der Waals surface area contributed by atoms with Crippen LogP contribution < -0.4 is 0 Å². The number of ether oxygens (including phenoxy) is 3. The Morgan fingerprint density at radius 3 is 2.18 bits per heavy atom. The van der Waals surface area contributed by atoms with Crippen LogP contribution in [0.4, 0.5) is 0 Å². The summed E-state index contributed by atoms with van der Waals surface area (Å²) in [6.45, 7) is 11.9. The average Bonchev–Trinajstić information content (AvgIpc) is 3.09. The van der Waals surface area contributed by atoms with Gasteiger partial charge in [-0.25, -0.2) is 4.79 Å². The Balaban J connectivity index is 2.13. The number of aliphatic hydroxyl groups excluding tert-OH is 1. The highest BCUT2D eigenvalue weighted by Crippen LogP contribution is 2.48. The molecule has 0 heterocycles. The molecule has 39 heavy (non-hydrogen) atoms. The Morgan fingerprint density at radius 1 is 0.974 bits per heavy atom. The summed E-state index contributed by atoms with van der Waals surface area (Å²) in [6.07, 6.45) is 2.43. The summed E-state index contributed by atoms with van der Waals surface area (Å²) in [4.78, 5) is 37.2. The highest BCUT2D eigenvalue weighted by molar-refractivity contribution is 5.89. The summed E-state index contributed by atoms with van der Waals surface area (Å²) < 4.78 is 17.4. The van der Waals surface area contributed by atoms with E-state index in [4.69, 9.17) is 14.2 Å². The lowest BCUT2D eigenvalue weighted by Crippen LogP contribution is -2.52. The standard InChI is InChI=1S/C31H42O8/c1-18-13-14-30(6,7)26(37-21(4)32)16-25(34)19(2)15-24-27(39-29(35)23-11-9-8-10-12-23)20(3)17-31(24,36)28(18)38-22(5)33/h8-15,18,20,24-28,34,36H,16-17H2,1-7H3/t18-,20-,24-,25+,26+,27-,28+,31+/m0/s1. The summed E-state index contributed by atoms with van der Waals surface area (Å²) in [5, 5.41) is 23.5. The smallest absolute Gasteiger partial charge is 0.338 e. The highest BCUT2D eigenvalue weighted by Gasteiger charge is 2.58. The lowest BCUT2D eigenvalue weighted by molar-refractivity contribution is -0.173. The zero-order valence-electron chi connectivity index (χ0n) is 23.9. The summed E-state index contributed by atoms with van der Waals surface area (Å²) in [7, 11) is 0. The summed E-state index contributed by atoms with van der Waals surface area (Å²) >= 11 is 0. The number of rotatable bonds is 4. The molecule has 0 aromatic heterocycles. The normalized spacial score (nSPS) is 34.5. The summed E-state index contributed by atoms with van der Waals surface area (Å²) in [5.74, 6) is -3.03. The lowest BCUT2D eigenvalue weighted by atomic mass is 9.75. The third kappa shape index (κ3) is 6.97. The molecule has 1 aromatic carbocycles. The van der Waals surface area contributed by atoms with Crippen molar-refractivity contribution in [1.29, 1.82) is 0 Å². The molecule has 8 heteroatoms. The number of carbonyl (C=O) groups excluding carboxylic acids is 3. The van der Waals surface area contributed by atoms with Gasteiger partial charge in [0.05, 0.1) is 11.7 Å². The van der Waals surface area contributed by atoms with Crippen LogP contribution in [0.15, 0.2) is 54.1 Å². The molecule has 2 N–H and O–H groups in total. The fourth-order valence-electron chi connectivity index (χ4n) is 5.85. The van der Waals surface area contributed by atoms with E-state index in [0.29, 0.717) is 11.1 Å². The van der Waals surface area contributed by atoms with Gasteiger partial charge >= 0.3 is 17.9 Å². The lowest BCUT2D eigenvalue weighted by Gasteiger charge is -2.40. The van der Waals surface area contributed by atoms with Crippen molar-refractivity contribution in [3.05, 3.63) is 59.7 Å². The number of aliphatic hydroxyl groups is 2. The second-order valence-corrected chi connectivity index (χ2v) is 11.8. The molecule has 2 aliphatic rings. The first-order valence-electron chi connectivity index (χ1n) is 13.5. The van der Waals surface area contributed by atoms with Crippen LogP contribution in [-0.4, -0.2) is 58.1 Å². The van der Waals surface area contributed by atoms with E-state index in [-0.39, 0.29) is 18.8 Å². The molecule has 0 aliphatic heterocycles. The van der Waals surface area contributed by atoms with Crippen LogP contribution in [0.25, 0.3) is 0 Å². The number of esters is 3. The van der Waals surface area contributed by atoms with Gasteiger partial charge in [0, 0.05) is 37.5 Å². The van der Waals surface area contributed by atoms with Gasteiger partial charge in [-0.1, -0.05) is 64.1 Å². The van der Waals surface area contributed by atoms with Crippen LogP contribution in [0, 0.1) is 23.2 Å². The minimum Gasteiger partial charge on any atom is -0.462 e. The van der Waals surface area contributed by atoms with Crippen LogP contribution in [0.3, 0.4) is 0 Å². The van der Waals surface area contributed by atoms with Gasteiger partial charge in [-0.2, -0.15) is 0 Å². The molecule has 8 atom stereocenters. The quantitative estimate of drug-likeness (QED) is 0.327. The largest absolute Gasteiger partial charge is 0.462 e. The fourth-order valence-corrected chi connectivity index (χ4v) is 5.85. The van der Waals surface area contributed by atoms with E-state index >= 15 is 0 Å². The number of hydrogen-bond acceptors (Lipinski definition) is 8. The molecule has 1 saturated carbocycles. The molecule has 0 radical (unpaired) electrons. The van der Waals surface area contributed by atoms with Crippen molar-refractivity contribution in [3.8, 4) is 0 Å². The van der Waals surface area contributed by atoms with Gasteiger partial charge in [-0.15, -0.1) is 0 Å². The van der Waals surface area contributed by atoms with Gasteiger partial charge in [0.1, 0.15) is 23.9 Å². The summed E-state index contributed by atoms with van der Waals surface area (Å²) in [6, 6.07) is 8.61. The Kier molecular flexibility index (Phi) is 9.44. The van der Waals surface area contributed by atoms with E-state index in [9.17, 15) is 24.6 Å². The van der Waals surface area contributed by atoms with Gasteiger partial charge in [-0.05, 0) is 37.0 Å². The number of hydrogen-bond donors (Lipinski definition) is 2. The monoisotopic (exact) mass is 542 g/mol. The number of benzene rings is 1. The molecule has 1 fully saturated rings. The molecule has 0 amide bonds. The second-order valence-electron chi connectivity index (χ2n) is 11.8. The van der Waals surface area contributed by atoms with Crippen LogP contribution in [0.2, 0.25) is 0 Å². The molecule has 0 spiro atoms. The molecule has 0 unspecified atom stereocenters. The first-order valence-corrected chi connectivity index (χ1v) is 13.5. The van der Waals surface area contributed by atoms with E-state index in [0.717, 1.165) is 0 Å². The molecule has 214 valence electrons. The third-order valence-corrected chi connectivity index (χ3v) is 8.03. The zero-order chi connectivity index (χ0) is 29.1. The van der Waals surface area contributed by atoms with Crippen LogP contribution in [-0.2, 0) is 23.8 Å². The maximum Gasteiger partial charge on any atom is 0.338 e. The van der Waals surface area contributed by atoms with Crippen molar-refractivity contribution in [1.82, 2.24) is 0 Å². The molecule has 0 saturated heterocycles. The van der Waals surface area contributed by atoms with Gasteiger partial charge < -0.3 is 24.4 Å². The second kappa shape index (κ2) is 12.0. The highest BCUT2D eigenvalue weighted by atomic mass is 16.6. The molecular weight excluding hydrogens is 500 g/mol. The number of carbonyl (C=O) groups is 3. The molecule has 8 nitrogen and oxygen atoms in total. The van der Waals surface area contributed by atoms with Gasteiger partial charge in [0.2, 0.25) is 0 Å². The first-order chi connectivity index (χ1) is 18.2. The van der Waals surface area contributed by atoms with E-state index < -0.39 is 65.2 Å². The minimum absolute atomic E-state index is 0.135. The van der Waals surface area contributed by atoms with Crippen LogP contribution >= 0.6 is 0 Å². The van der Waals surface area contributed by atoms with Crippen molar-refractivity contribution in [2.75, 3.05) is 0 Å².